The molecule has 0 aromatic rings. The maximum Gasteiger partial charge on any atom is 0.407 e. The van der Waals surface area contributed by atoms with Gasteiger partial charge < -0.3 is 14.9 Å². The molecule has 1 amide bonds. The average Bonchev–Trinajstić information content (AvgIpc) is 2.27. The van der Waals surface area contributed by atoms with Crippen molar-refractivity contribution in [1.29, 1.82) is 0 Å². The Bertz CT molecular complexity index is 375. The van der Waals surface area contributed by atoms with Gasteiger partial charge in [0.25, 0.3) is 0 Å². The molecule has 1 aliphatic rings. The van der Waals surface area contributed by atoms with Gasteiger partial charge in [-0.2, -0.15) is 0 Å². The van der Waals surface area contributed by atoms with E-state index >= 15 is 0 Å². The van der Waals surface area contributed by atoms with Gasteiger partial charge in [0.05, 0.1) is 5.75 Å². The van der Waals surface area contributed by atoms with Crippen LogP contribution in [-0.4, -0.2) is 74.1 Å². The Morgan fingerprint density at radius 3 is 2.39 bits per heavy atom. The highest BCUT2D eigenvalue weighted by Crippen LogP contribution is 2.15. The van der Waals surface area contributed by atoms with Gasteiger partial charge in [-0.3, -0.25) is 0 Å². The van der Waals surface area contributed by atoms with Crippen LogP contribution in [0.2, 0.25) is 0 Å². The predicted molar refractivity (Wildman–Crippen MR) is 69.6 cm³/mol. The van der Waals surface area contributed by atoms with Crippen LogP contribution >= 0.6 is 0 Å². The molecule has 0 saturated carbocycles. The van der Waals surface area contributed by atoms with E-state index in [9.17, 15) is 13.2 Å². The van der Waals surface area contributed by atoms with Crippen molar-refractivity contribution < 1.29 is 18.3 Å². The lowest BCUT2D eigenvalue weighted by Crippen LogP contribution is -2.45. The Morgan fingerprint density at radius 2 is 1.94 bits per heavy atom. The molecule has 0 aromatic heterocycles. The SMILES string of the molecule is CN(CCCS(C)(=O)=O)C1CCN(C(=O)O)CC1. The fourth-order valence-corrected chi connectivity index (χ4v) is 2.91. The standard InChI is InChI=1S/C11H22N2O4S/c1-12(6-3-9-18(2,16)17)10-4-7-13(8-5-10)11(14)15/h10H,3-9H2,1-2H3,(H,14,15). The maximum absolute atomic E-state index is 11.0. The minimum absolute atomic E-state index is 0.214. The molecular weight excluding hydrogens is 256 g/mol. The summed E-state index contributed by atoms with van der Waals surface area (Å²) >= 11 is 0. The number of likely N-dealkylation sites (tertiary alicyclic amines) is 1. The van der Waals surface area contributed by atoms with Crippen LogP contribution in [0.4, 0.5) is 4.79 Å². The lowest BCUT2D eigenvalue weighted by atomic mass is 10.0. The van der Waals surface area contributed by atoms with Gasteiger partial charge in [0.1, 0.15) is 9.84 Å². The first-order chi connectivity index (χ1) is 8.29. The number of nitrogens with zero attached hydrogens (tertiary/aromatic N) is 2. The Kier molecular flexibility index (Phi) is 5.40. The smallest absolute Gasteiger partial charge is 0.407 e. The Hall–Kier alpha value is -0.820. The predicted octanol–water partition coefficient (Wildman–Crippen LogP) is 0.495. The molecule has 0 atom stereocenters. The number of amides is 1. The molecule has 6 nitrogen and oxygen atoms in total. The number of hydrogen-bond donors (Lipinski definition) is 1. The first kappa shape index (κ1) is 15.2. The summed E-state index contributed by atoms with van der Waals surface area (Å²) in [6.07, 6.45) is 2.67. The van der Waals surface area contributed by atoms with Gasteiger partial charge in [-0.1, -0.05) is 0 Å². The fraction of sp³-hybridized carbons (Fsp3) is 0.909. The van der Waals surface area contributed by atoms with Crippen molar-refractivity contribution in [2.24, 2.45) is 0 Å². The Balaban J connectivity index is 2.28. The summed E-state index contributed by atoms with van der Waals surface area (Å²) < 4.78 is 22.0. The second-order valence-corrected chi connectivity index (χ2v) is 7.22. The second-order valence-electron chi connectivity index (χ2n) is 4.96. The molecule has 1 N–H and O–H groups in total. The summed E-state index contributed by atoms with van der Waals surface area (Å²) in [6.45, 7) is 1.87. The zero-order valence-electron chi connectivity index (χ0n) is 11.0. The molecule has 0 radical (unpaired) electrons. The molecule has 1 fully saturated rings. The minimum Gasteiger partial charge on any atom is -0.465 e. The van der Waals surface area contributed by atoms with Gasteiger partial charge in [-0.25, -0.2) is 13.2 Å². The van der Waals surface area contributed by atoms with E-state index in [-0.39, 0.29) is 5.75 Å². The van der Waals surface area contributed by atoms with Gasteiger partial charge in [0, 0.05) is 25.4 Å². The van der Waals surface area contributed by atoms with E-state index in [1.807, 2.05) is 7.05 Å². The summed E-state index contributed by atoms with van der Waals surface area (Å²) in [5.74, 6) is 0.214. The number of rotatable bonds is 5. The van der Waals surface area contributed by atoms with Crippen molar-refractivity contribution in [3.8, 4) is 0 Å². The molecule has 1 rings (SSSR count). The van der Waals surface area contributed by atoms with Crippen LogP contribution < -0.4 is 0 Å². The highest BCUT2D eigenvalue weighted by Gasteiger charge is 2.24. The van der Waals surface area contributed by atoms with E-state index in [1.165, 1.54) is 11.2 Å². The average molecular weight is 278 g/mol. The largest absolute Gasteiger partial charge is 0.465 e. The molecule has 1 aliphatic heterocycles. The lowest BCUT2D eigenvalue weighted by Gasteiger charge is -2.35. The molecule has 0 aliphatic carbocycles. The van der Waals surface area contributed by atoms with Crippen LogP contribution in [0.1, 0.15) is 19.3 Å². The van der Waals surface area contributed by atoms with Gasteiger partial charge in [-0.05, 0) is 32.9 Å². The molecule has 0 unspecified atom stereocenters. The minimum atomic E-state index is -2.88. The van der Waals surface area contributed by atoms with E-state index in [0.29, 0.717) is 25.6 Å². The summed E-state index contributed by atoms with van der Waals surface area (Å²) in [6, 6.07) is 0.361. The van der Waals surface area contributed by atoms with Crippen LogP contribution in [0.15, 0.2) is 0 Å². The molecule has 0 aromatic carbocycles. The van der Waals surface area contributed by atoms with Crippen LogP contribution in [-0.2, 0) is 9.84 Å². The zero-order valence-corrected chi connectivity index (χ0v) is 11.8. The Morgan fingerprint density at radius 1 is 1.39 bits per heavy atom. The zero-order chi connectivity index (χ0) is 13.8. The van der Waals surface area contributed by atoms with Gasteiger partial charge >= 0.3 is 6.09 Å². The van der Waals surface area contributed by atoms with Crippen LogP contribution in [0.25, 0.3) is 0 Å². The molecule has 106 valence electrons. The van der Waals surface area contributed by atoms with Crippen molar-refractivity contribution in [2.45, 2.75) is 25.3 Å². The van der Waals surface area contributed by atoms with Gasteiger partial charge in [0.2, 0.25) is 0 Å². The molecule has 0 spiro atoms. The first-order valence-electron chi connectivity index (χ1n) is 6.15. The van der Waals surface area contributed by atoms with Crippen molar-refractivity contribution in [3.05, 3.63) is 0 Å². The summed E-state index contributed by atoms with van der Waals surface area (Å²) in [7, 11) is -0.908. The monoisotopic (exact) mass is 278 g/mol. The number of sulfone groups is 1. The third-order valence-corrected chi connectivity index (χ3v) is 4.41. The highest BCUT2D eigenvalue weighted by atomic mass is 32.2. The van der Waals surface area contributed by atoms with Crippen LogP contribution in [0, 0.1) is 0 Å². The van der Waals surface area contributed by atoms with Crippen molar-refractivity contribution in [1.82, 2.24) is 9.80 Å². The number of carboxylic acid groups (broad SMARTS) is 1. The summed E-state index contributed by atoms with van der Waals surface area (Å²) in [4.78, 5) is 14.3. The van der Waals surface area contributed by atoms with Crippen molar-refractivity contribution >= 4 is 15.9 Å². The fourth-order valence-electron chi connectivity index (χ4n) is 2.26. The van der Waals surface area contributed by atoms with Crippen LogP contribution in [0.5, 0.6) is 0 Å². The number of hydrogen-bond acceptors (Lipinski definition) is 4. The molecular formula is C11H22N2O4S. The summed E-state index contributed by atoms with van der Waals surface area (Å²) in [5.41, 5.74) is 0. The quantitative estimate of drug-likeness (QED) is 0.792. The molecule has 7 heteroatoms. The second kappa shape index (κ2) is 6.38. The first-order valence-corrected chi connectivity index (χ1v) is 8.21. The molecule has 1 saturated heterocycles. The molecule has 18 heavy (non-hydrogen) atoms. The topological polar surface area (TPSA) is 77.9 Å². The van der Waals surface area contributed by atoms with Crippen LogP contribution in [0.3, 0.4) is 0 Å². The van der Waals surface area contributed by atoms with Crippen molar-refractivity contribution in [2.75, 3.05) is 38.7 Å². The van der Waals surface area contributed by atoms with E-state index in [2.05, 4.69) is 4.90 Å². The summed E-state index contributed by atoms with van der Waals surface area (Å²) in [5, 5.41) is 8.84. The van der Waals surface area contributed by atoms with E-state index in [1.54, 1.807) is 0 Å². The van der Waals surface area contributed by atoms with Gasteiger partial charge in [-0.15, -0.1) is 0 Å². The number of carbonyl (C=O) groups is 1. The van der Waals surface area contributed by atoms with E-state index < -0.39 is 15.9 Å². The third-order valence-electron chi connectivity index (χ3n) is 3.38. The van der Waals surface area contributed by atoms with Gasteiger partial charge in [0.15, 0.2) is 0 Å². The lowest BCUT2D eigenvalue weighted by molar-refractivity contribution is 0.105. The van der Waals surface area contributed by atoms with Crippen molar-refractivity contribution in [3.63, 3.8) is 0 Å². The maximum atomic E-state index is 11.0. The molecule has 0 bridgehead atoms. The highest BCUT2D eigenvalue weighted by molar-refractivity contribution is 7.90. The van der Waals surface area contributed by atoms with E-state index in [0.717, 1.165) is 19.4 Å². The van der Waals surface area contributed by atoms with E-state index in [4.69, 9.17) is 5.11 Å². The Labute approximate surface area is 108 Å². The number of piperidine rings is 1. The third kappa shape index (κ3) is 5.22. The normalized spacial score (nSPS) is 18.3. The molecule has 1 heterocycles.